The first-order valence-corrected chi connectivity index (χ1v) is 21.8. The van der Waals surface area contributed by atoms with E-state index >= 15 is 0 Å². The van der Waals surface area contributed by atoms with Crippen molar-refractivity contribution in [2.45, 2.75) is 104 Å². The second kappa shape index (κ2) is 18.3. The van der Waals surface area contributed by atoms with E-state index in [1.807, 2.05) is 0 Å². The van der Waals surface area contributed by atoms with Gasteiger partial charge in [-0.25, -0.2) is 0 Å². The zero-order valence-electron chi connectivity index (χ0n) is 35.7. The van der Waals surface area contributed by atoms with Gasteiger partial charge in [0.1, 0.15) is 0 Å². The largest absolute Gasteiger partial charge is 0.368 e. The Morgan fingerprint density at radius 1 is 0.500 bits per heavy atom. The zero-order chi connectivity index (χ0) is 40.5. The minimum atomic E-state index is -0.550. The Morgan fingerprint density at radius 3 is 1.66 bits per heavy atom. The third-order valence-corrected chi connectivity index (χ3v) is 12.4. The summed E-state index contributed by atoms with van der Waals surface area (Å²) in [5.74, 6) is 0. The van der Waals surface area contributed by atoms with Crippen LogP contribution in [0.4, 0.5) is 17.1 Å². The maximum absolute atomic E-state index is 4.11. The Labute approximate surface area is 349 Å². The Kier molecular flexibility index (Phi) is 12.8. The van der Waals surface area contributed by atoms with Crippen molar-refractivity contribution >= 4 is 17.1 Å². The molecule has 296 valence electrons. The number of rotatable bonds is 16. The van der Waals surface area contributed by atoms with Gasteiger partial charge in [-0.3, -0.25) is 0 Å². The molecule has 0 bridgehead atoms. The summed E-state index contributed by atoms with van der Waals surface area (Å²) in [4.78, 5) is 0. The van der Waals surface area contributed by atoms with Crippen LogP contribution in [0.25, 0.3) is 11.1 Å². The van der Waals surface area contributed by atoms with E-state index < -0.39 is 11.0 Å². The molecule has 0 radical (unpaired) electrons. The predicted octanol–water partition coefficient (Wildman–Crippen LogP) is 14.9. The highest BCUT2D eigenvalue weighted by Crippen LogP contribution is 2.48. The summed E-state index contributed by atoms with van der Waals surface area (Å²) in [7, 11) is 0. The molecule has 2 heteroatoms. The van der Waals surface area contributed by atoms with Gasteiger partial charge in [0.25, 0.3) is 0 Å². The van der Waals surface area contributed by atoms with E-state index in [1.54, 1.807) is 0 Å². The quantitative estimate of drug-likeness (QED) is 0.0960. The summed E-state index contributed by atoms with van der Waals surface area (Å²) in [6.45, 7) is 13.4. The molecule has 0 aromatic heterocycles. The highest BCUT2D eigenvalue weighted by atomic mass is 15.0. The van der Waals surface area contributed by atoms with Gasteiger partial charge in [0, 0.05) is 17.1 Å². The van der Waals surface area contributed by atoms with E-state index in [9.17, 15) is 0 Å². The van der Waals surface area contributed by atoms with Crippen molar-refractivity contribution in [1.29, 1.82) is 0 Å². The van der Waals surface area contributed by atoms with Gasteiger partial charge in [-0.2, -0.15) is 0 Å². The van der Waals surface area contributed by atoms with Crippen LogP contribution in [0.1, 0.15) is 103 Å². The molecule has 0 saturated heterocycles. The summed E-state index contributed by atoms with van der Waals surface area (Å²) in [6.07, 6.45) is 18.7. The van der Waals surface area contributed by atoms with Gasteiger partial charge in [0.2, 0.25) is 0 Å². The minimum Gasteiger partial charge on any atom is -0.368 e. The molecule has 0 spiro atoms. The lowest BCUT2D eigenvalue weighted by Gasteiger charge is -2.40. The number of aryl methyl sites for hydroxylation is 6. The molecular formula is C56H62N2. The molecule has 7 rings (SSSR count). The Morgan fingerprint density at radius 2 is 1.07 bits per heavy atom. The van der Waals surface area contributed by atoms with Crippen LogP contribution < -0.4 is 10.6 Å². The number of hydrogen-bond donors (Lipinski definition) is 2. The smallest absolute Gasteiger partial charge is 0.0998 e. The van der Waals surface area contributed by atoms with Gasteiger partial charge in [0.05, 0.1) is 11.0 Å². The summed E-state index contributed by atoms with van der Waals surface area (Å²) in [5.41, 5.74) is 16.6. The first-order valence-electron chi connectivity index (χ1n) is 21.8. The molecule has 0 saturated carbocycles. The van der Waals surface area contributed by atoms with Crippen molar-refractivity contribution in [3.8, 4) is 11.1 Å². The van der Waals surface area contributed by atoms with E-state index in [2.05, 4.69) is 210 Å². The van der Waals surface area contributed by atoms with Crippen molar-refractivity contribution in [2.75, 3.05) is 10.6 Å². The Hall–Kier alpha value is -5.60. The number of nitrogens with one attached hydrogen (secondary N) is 2. The number of anilines is 3. The summed E-state index contributed by atoms with van der Waals surface area (Å²) < 4.78 is 0. The van der Waals surface area contributed by atoms with Gasteiger partial charge < -0.3 is 10.6 Å². The van der Waals surface area contributed by atoms with Gasteiger partial charge in [-0.1, -0.05) is 186 Å². The first-order chi connectivity index (χ1) is 28.3. The maximum Gasteiger partial charge on any atom is 0.0998 e. The molecule has 0 aliphatic heterocycles. The number of benzene rings is 6. The standard InChI is InChI=1S/C56H62N2/c1-7-11-20-43-26-30-47(31-27-43)51-40-50(57-53-41(5)18-16-22-45(53)9-3)34-35-52(51)55(48-32-28-44(29-33-48)21-12-8-2)36-38-56(39-37-55,49-24-14-13-15-25-49)58-54-42(6)19-17-23-46(54)10-4/h13-19,22-40,57-58H,7-12,20-21H2,1-6H3. The molecule has 2 N–H and O–H groups in total. The van der Waals surface area contributed by atoms with Crippen molar-refractivity contribution in [3.05, 3.63) is 208 Å². The third-order valence-electron chi connectivity index (χ3n) is 12.4. The molecular weight excluding hydrogens is 701 g/mol. The molecule has 0 heterocycles. The van der Waals surface area contributed by atoms with Crippen LogP contribution in [0.15, 0.2) is 158 Å². The number of allylic oxidation sites excluding steroid dienone is 2. The minimum absolute atomic E-state index is 0.533. The molecule has 6 aromatic carbocycles. The lowest BCUT2D eigenvalue weighted by Crippen LogP contribution is -2.37. The lowest BCUT2D eigenvalue weighted by atomic mass is 9.66. The van der Waals surface area contributed by atoms with E-state index in [0.717, 1.165) is 31.4 Å². The molecule has 0 unspecified atom stereocenters. The summed E-state index contributed by atoms with van der Waals surface area (Å²) in [5, 5.41) is 7.99. The Balaban J connectivity index is 1.43. The number of para-hydroxylation sites is 2. The van der Waals surface area contributed by atoms with Crippen LogP contribution in [0, 0.1) is 13.8 Å². The fourth-order valence-corrected chi connectivity index (χ4v) is 8.76. The topological polar surface area (TPSA) is 24.1 Å². The van der Waals surface area contributed by atoms with Crippen LogP contribution in [0.2, 0.25) is 0 Å². The zero-order valence-corrected chi connectivity index (χ0v) is 35.7. The van der Waals surface area contributed by atoms with E-state index in [4.69, 9.17) is 0 Å². The van der Waals surface area contributed by atoms with E-state index in [1.165, 1.54) is 98.3 Å². The molecule has 1 aliphatic carbocycles. The van der Waals surface area contributed by atoms with Crippen LogP contribution in [0.3, 0.4) is 0 Å². The summed E-state index contributed by atoms with van der Waals surface area (Å²) in [6, 6.07) is 50.1. The molecule has 58 heavy (non-hydrogen) atoms. The number of unbranched alkanes of at least 4 members (excludes halogenated alkanes) is 2. The highest BCUT2D eigenvalue weighted by Gasteiger charge is 2.39. The molecule has 0 atom stereocenters. The van der Waals surface area contributed by atoms with E-state index in [-0.39, 0.29) is 0 Å². The van der Waals surface area contributed by atoms with Crippen LogP contribution >= 0.6 is 0 Å². The average molecular weight is 763 g/mol. The van der Waals surface area contributed by atoms with Gasteiger partial charge in [-0.05, 0) is 126 Å². The van der Waals surface area contributed by atoms with Crippen molar-refractivity contribution < 1.29 is 0 Å². The molecule has 0 fully saturated rings. The van der Waals surface area contributed by atoms with Crippen molar-refractivity contribution in [2.24, 2.45) is 0 Å². The second-order valence-corrected chi connectivity index (χ2v) is 16.3. The first kappa shape index (κ1) is 40.6. The molecule has 0 amide bonds. The maximum atomic E-state index is 4.11. The van der Waals surface area contributed by atoms with Crippen LogP contribution in [-0.2, 0) is 36.6 Å². The monoisotopic (exact) mass is 762 g/mol. The van der Waals surface area contributed by atoms with Gasteiger partial charge in [-0.15, -0.1) is 0 Å². The van der Waals surface area contributed by atoms with Gasteiger partial charge in [0.15, 0.2) is 0 Å². The Bertz CT molecular complexity index is 2330. The van der Waals surface area contributed by atoms with Crippen LogP contribution in [0.5, 0.6) is 0 Å². The second-order valence-electron chi connectivity index (χ2n) is 16.3. The normalized spacial score (nSPS) is 17.3. The lowest BCUT2D eigenvalue weighted by molar-refractivity contribution is 0.698. The SMILES string of the molecule is CCCCc1ccc(-c2cc(Nc3c(C)cccc3CC)ccc2C2(c3ccc(CCCC)cc3)C=CC(Nc3c(C)cccc3CC)(c3ccccc3)C=C2)cc1. The average Bonchev–Trinajstić information content (AvgIpc) is 3.27. The summed E-state index contributed by atoms with van der Waals surface area (Å²) >= 11 is 0. The van der Waals surface area contributed by atoms with Crippen molar-refractivity contribution in [1.82, 2.24) is 0 Å². The molecule has 1 aliphatic rings. The fraction of sp³-hybridized carbons (Fsp3) is 0.286. The third kappa shape index (κ3) is 8.48. The molecule has 2 nitrogen and oxygen atoms in total. The van der Waals surface area contributed by atoms with Crippen LogP contribution in [-0.4, -0.2) is 0 Å². The van der Waals surface area contributed by atoms with Gasteiger partial charge >= 0.3 is 0 Å². The highest BCUT2D eigenvalue weighted by molar-refractivity contribution is 5.79. The van der Waals surface area contributed by atoms with E-state index in [0.29, 0.717) is 0 Å². The van der Waals surface area contributed by atoms with Crippen molar-refractivity contribution in [3.63, 3.8) is 0 Å². The molecule has 6 aromatic rings. The fourth-order valence-electron chi connectivity index (χ4n) is 8.76. The predicted molar refractivity (Wildman–Crippen MR) is 251 cm³/mol. The number of hydrogen-bond acceptors (Lipinski definition) is 2.